The molecule has 0 fully saturated rings. The molecule has 1 atom stereocenters. The fraction of sp³-hybridized carbons (Fsp3) is 0.227. The Balaban J connectivity index is 1.63. The second kappa shape index (κ2) is 7.09. The molecule has 1 aromatic heterocycles. The zero-order chi connectivity index (χ0) is 19.1. The molecule has 0 unspecified atom stereocenters. The summed E-state index contributed by atoms with van der Waals surface area (Å²) >= 11 is 6.08. The number of hydrogen-bond donors (Lipinski definition) is 1. The standard InChI is InChI=1S/C22H19ClN2O3/c23-17-5-3-14(4-6-17)22-16(11-25-7-1-2-18(25)12-26)8-15-9-20-21(28-13-27-20)10-19(15)24-22/h1-6,8-10,18,26H,7,11-13H2/t18-/m1/s1. The van der Waals surface area contributed by atoms with E-state index in [0.29, 0.717) is 11.6 Å². The second-order valence-electron chi connectivity index (χ2n) is 7.01. The number of ether oxygens (including phenoxy) is 2. The number of fused-ring (bicyclic) bond motifs is 2. The maximum Gasteiger partial charge on any atom is 0.231 e. The lowest BCUT2D eigenvalue weighted by atomic mass is 10.0. The summed E-state index contributed by atoms with van der Waals surface area (Å²) < 4.78 is 11.0. The second-order valence-corrected chi connectivity index (χ2v) is 7.45. The third-order valence-electron chi connectivity index (χ3n) is 5.23. The van der Waals surface area contributed by atoms with E-state index in [9.17, 15) is 5.11 Å². The summed E-state index contributed by atoms with van der Waals surface area (Å²) in [4.78, 5) is 7.19. The van der Waals surface area contributed by atoms with Crippen LogP contribution >= 0.6 is 11.6 Å². The van der Waals surface area contributed by atoms with Gasteiger partial charge >= 0.3 is 0 Å². The maximum absolute atomic E-state index is 9.66. The van der Waals surface area contributed by atoms with Crippen molar-refractivity contribution in [3.63, 3.8) is 0 Å². The van der Waals surface area contributed by atoms with Gasteiger partial charge in [0.25, 0.3) is 0 Å². The van der Waals surface area contributed by atoms with Gasteiger partial charge in [-0.1, -0.05) is 35.9 Å². The molecule has 0 amide bonds. The van der Waals surface area contributed by atoms with E-state index >= 15 is 0 Å². The average molecular weight is 395 g/mol. The molecule has 142 valence electrons. The number of nitrogens with zero attached hydrogens (tertiary/aromatic N) is 2. The van der Waals surface area contributed by atoms with Crippen molar-refractivity contribution in [1.29, 1.82) is 0 Å². The highest BCUT2D eigenvalue weighted by atomic mass is 35.5. The molecule has 0 radical (unpaired) electrons. The highest BCUT2D eigenvalue weighted by molar-refractivity contribution is 6.30. The van der Waals surface area contributed by atoms with Gasteiger partial charge in [-0.05, 0) is 29.8 Å². The van der Waals surface area contributed by atoms with Gasteiger partial charge in [0.1, 0.15) is 0 Å². The topological polar surface area (TPSA) is 54.8 Å². The molecule has 0 spiro atoms. The fourth-order valence-electron chi connectivity index (χ4n) is 3.77. The minimum Gasteiger partial charge on any atom is -0.454 e. The lowest BCUT2D eigenvalue weighted by molar-refractivity contribution is 0.169. The SMILES string of the molecule is OC[C@H]1C=CCN1Cc1cc2cc3c(cc2nc1-c1ccc(Cl)cc1)OCO3. The third kappa shape index (κ3) is 3.11. The van der Waals surface area contributed by atoms with Crippen molar-refractivity contribution in [1.82, 2.24) is 9.88 Å². The first-order valence-corrected chi connectivity index (χ1v) is 9.60. The summed E-state index contributed by atoms with van der Waals surface area (Å²) in [7, 11) is 0. The molecular weight excluding hydrogens is 376 g/mol. The van der Waals surface area contributed by atoms with E-state index in [2.05, 4.69) is 23.1 Å². The Hall–Kier alpha value is -2.60. The van der Waals surface area contributed by atoms with Gasteiger partial charge in [-0.15, -0.1) is 0 Å². The zero-order valence-electron chi connectivity index (χ0n) is 15.1. The maximum atomic E-state index is 9.66. The highest BCUT2D eigenvalue weighted by Gasteiger charge is 2.22. The van der Waals surface area contributed by atoms with Crippen molar-refractivity contribution in [3.05, 3.63) is 65.2 Å². The van der Waals surface area contributed by atoms with Gasteiger partial charge < -0.3 is 14.6 Å². The number of aromatic nitrogens is 1. The van der Waals surface area contributed by atoms with Crippen molar-refractivity contribution >= 4 is 22.5 Å². The summed E-state index contributed by atoms with van der Waals surface area (Å²) in [5.41, 5.74) is 3.87. The molecule has 3 heterocycles. The van der Waals surface area contributed by atoms with Crippen LogP contribution in [0.1, 0.15) is 5.56 Å². The molecule has 0 bridgehead atoms. The van der Waals surface area contributed by atoms with Gasteiger partial charge in [-0.3, -0.25) is 4.90 Å². The third-order valence-corrected chi connectivity index (χ3v) is 5.49. The first-order valence-electron chi connectivity index (χ1n) is 9.22. The average Bonchev–Trinajstić information content (AvgIpc) is 3.35. The van der Waals surface area contributed by atoms with Gasteiger partial charge in [0.05, 0.1) is 23.9 Å². The van der Waals surface area contributed by atoms with Crippen LogP contribution < -0.4 is 9.47 Å². The Labute approximate surface area is 167 Å². The number of hydrogen-bond acceptors (Lipinski definition) is 5. The first-order chi connectivity index (χ1) is 13.7. The van der Waals surface area contributed by atoms with E-state index < -0.39 is 0 Å². The number of aliphatic hydroxyl groups is 1. The predicted molar refractivity (Wildman–Crippen MR) is 109 cm³/mol. The lowest BCUT2D eigenvalue weighted by Gasteiger charge is -2.24. The molecule has 2 aromatic carbocycles. The first kappa shape index (κ1) is 17.5. The Morgan fingerprint density at radius 3 is 2.68 bits per heavy atom. The summed E-state index contributed by atoms with van der Waals surface area (Å²) in [6, 6.07) is 13.8. The molecule has 6 heteroatoms. The van der Waals surface area contributed by atoms with E-state index in [1.807, 2.05) is 36.4 Å². The molecular formula is C22H19ClN2O3. The van der Waals surface area contributed by atoms with E-state index in [4.69, 9.17) is 26.1 Å². The molecule has 2 aliphatic heterocycles. The number of pyridine rings is 1. The molecule has 0 saturated carbocycles. The van der Waals surface area contributed by atoms with E-state index in [0.717, 1.165) is 45.8 Å². The van der Waals surface area contributed by atoms with Crippen molar-refractivity contribution in [2.24, 2.45) is 0 Å². The van der Waals surface area contributed by atoms with Crippen LogP contribution in [0.25, 0.3) is 22.2 Å². The van der Waals surface area contributed by atoms with Crippen LogP contribution in [0.2, 0.25) is 5.02 Å². The van der Waals surface area contributed by atoms with Crippen LogP contribution in [-0.2, 0) is 6.54 Å². The van der Waals surface area contributed by atoms with Gasteiger partial charge in [0.2, 0.25) is 6.79 Å². The Kier molecular flexibility index (Phi) is 4.43. The quantitative estimate of drug-likeness (QED) is 0.677. The Morgan fingerprint density at radius 1 is 1.11 bits per heavy atom. The number of rotatable bonds is 4. The largest absolute Gasteiger partial charge is 0.454 e. The zero-order valence-corrected chi connectivity index (χ0v) is 15.9. The summed E-state index contributed by atoms with van der Waals surface area (Å²) in [5.74, 6) is 1.47. The van der Waals surface area contributed by atoms with Crippen LogP contribution in [0.5, 0.6) is 11.5 Å². The van der Waals surface area contributed by atoms with Crippen molar-refractivity contribution in [3.8, 4) is 22.8 Å². The summed E-state index contributed by atoms with van der Waals surface area (Å²) in [6.07, 6.45) is 4.14. The van der Waals surface area contributed by atoms with Crippen molar-refractivity contribution < 1.29 is 14.6 Å². The van der Waals surface area contributed by atoms with E-state index in [1.165, 1.54) is 0 Å². The van der Waals surface area contributed by atoms with Crippen LogP contribution in [0.15, 0.2) is 54.6 Å². The molecule has 28 heavy (non-hydrogen) atoms. The minimum atomic E-state index is 0.0329. The fourth-order valence-corrected chi connectivity index (χ4v) is 3.90. The summed E-state index contributed by atoms with van der Waals surface area (Å²) in [6.45, 7) is 1.84. The normalized spacial score (nSPS) is 18.3. The monoisotopic (exact) mass is 394 g/mol. The van der Waals surface area contributed by atoms with Gasteiger partial charge in [0.15, 0.2) is 11.5 Å². The Morgan fingerprint density at radius 2 is 1.89 bits per heavy atom. The number of aliphatic hydroxyl groups excluding tert-OH is 1. The highest BCUT2D eigenvalue weighted by Crippen LogP contribution is 2.37. The molecule has 5 nitrogen and oxygen atoms in total. The van der Waals surface area contributed by atoms with Crippen LogP contribution in [-0.4, -0.2) is 41.0 Å². The number of halogens is 1. The van der Waals surface area contributed by atoms with E-state index in [1.54, 1.807) is 0 Å². The lowest BCUT2D eigenvalue weighted by Crippen LogP contribution is -2.32. The van der Waals surface area contributed by atoms with Gasteiger partial charge in [-0.25, -0.2) is 4.98 Å². The van der Waals surface area contributed by atoms with Crippen LogP contribution in [0.4, 0.5) is 0 Å². The predicted octanol–water partition coefficient (Wildman–Crippen LogP) is 4.02. The van der Waals surface area contributed by atoms with Crippen molar-refractivity contribution in [2.45, 2.75) is 12.6 Å². The summed E-state index contributed by atoms with van der Waals surface area (Å²) in [5, 5.41) is 11.4. The molecule has 0 aliphatic carbocycles. The van der Waals surface area contributed by atoms with E-state index in [-0.39, 0.29) is 19.4 Å². The molecule has 0 saturated heterocycles. The molecule has 3 aromatic rings. The Bertz CT molecular complexity index is 1070. The minimum absolute atomic E-state index is 0.0329. The smallest absolute Gasteiger partial charge is 0.231 e. The van der Waals surface area contributed by atoms with Crippen LogP contribution in [0, 0.1) is 0 Å². The van der Waals surface area contributed by atoms with Gasteiger partial charge in [0, 0.05) is 35.1 Å². The van der Waals surface area contributed by atoms with Gasteiger partial charge in [-0.2, -0.15) is 0 Å². The molecule has 1 N–H and O–H groups in total. The number of benzene rings is 2. The molecule has 2 aliphatic rings. The van der Waals surface area contributed by atoms with Crippen molar-refractivity contribution in [2.75, 3.05) is 19.9 Å². The van der Waals surface area contributed by atoms with Crippen LogP contribution in [0.3, 0.4) is 0 Å². The molecule has 5 rings (SSSR count).